The van der Waals surface area contributed by atoms with Gasteiger partial charge in [-0.25, -0.2) is 0 Å². The highest BCUT2D eigenvalue weighted by Gasteiger charge is 2.45. The number of halogens is 1. The Labute approximate surface area is 175 Å². The lowest BCUT2D eigenvalue weighted by Gasteiger charge is -2.32. The topological polar surface area (TPSA) is 47.0 Å². The van der Waals surface area contributed by atoms with Gasteiger partial charge in [0.2, 0.25) is 0 Å². The Balaban J connectivity index is 1.82. The summed E-state index contributed by atoms with van der Waals surface area (Å²) < 4.78 is 11.3. The summed E-state index contributed by atoms with van der Waals surface area (Å²) in [5, 5.41) is 1.65. The lowest BCUT2D eigenvalue weighted by Crippen LogP contribution is -2.35. The van der Waals surface area contributed by atoms with Crippen LogP contribution in [0.4, 0.5) is 0 Å². The predicted molar refractivity (Wildman–Crippen MR) is 115 cm³/mol. The summed E-state index contributed by atoms with van der Waals surface area (Å²) in [6, 6.07) is 10.4. The van der Waals surface area contributed by atoms with E-state index in [4.69, 9.17) is 26.1 Å². The molecule has 2 aliphatic heterocycles. The number of fused-ring (bicyclic) bond motifs is 1. The Morgan fingerprint density at radius 2 is 2.14 bits per heavy atom. The summed E-state index contributed by atoms with van der Waals surface area (Å²) in [6.07, 6.45) is 2.90. The molecule has 28 heavy (non-hydrogen) atoms. The van der Waals surface area contributed by atoms with Gasteiger partial charge in [0.1, 0.15) is 6.04 Å². The van der Waals surface area contributed by atoms with E-state index in [1.54, 1.807) is 7.11 Å². The SMILES string of the molecule is CCOc1cc([C@@H]2[C@@H](c3ccccn3)N=C3SC[C@H](CC)N32)cc(Cl)c1OC. The van der Waals surface area contributed by atoms with Crippen molar-refractivity contribution in [1.29, 1.82) is 0 Å². The molecule has 1 aromatic carbocycles. The van der Waals surface area contributed by atoms with Gasteiger partial charge in [-0.3, -0.25) is 9.98 Å². The van der Waals surface area contributed by atoms with Gasteiger partial charge >= 0.3 is 0 Å². The first-order valence-corrected chi connectivity index (χ1v) is 10.9. The van der Waals surface area contributed by atoms with Crippen LogP contribution in [0.15, 0.2) is 41.5 Å². The number of rotatable bonds is 6. The van der Waals surface area contributed by atoms with Crippen molar-refractivity contribution < 1.29 is 9.47 Å². The lowest BCUT2D eigenvalue weighted by atomic mass is 9.95. The summed E-state index contributed by atoms with van der Waals surface area (Å²) in [5.41, 5.74) is 2.04. The number of amidine groups is 1. The number of aromatic nitrogens is 1. The zero-order valence-electron chi connectivity index (χ0n) is 16.3. The molecular weight excluding hydrogens is 394 g/mol. The van der Waals surface area contributed by atoms with Crippen molar-refractivity contribution >= 4 is 28.5 Å². The number of methoxy groups -OCH3 is 1. The molecule has 3 atom stereocenters. The van der Waals surface area contributed by atoms with E-state index in [1.165, 1.54) is 0 Å². The molecule has 148 valence electrons. The van der Waals surface area contributed by atoms with Crippen molar-refractivity contribution in [3.63, 3.8) is 0 Å². The summed E-state index contributed by atoms with van der Waals surface area (Å²) in [6.45, 7) is 4.73. The Bertz CT molecular complexity index is 877. The fraction of sp³-hybridized carbons (Fsp3) is 0.429. The minimum Gasteiger partial charge on any atom is -0.491 e. The second-order valence-electron chi connectivity index (χ2n) is 6.80. The maximum atomic E-state index is 6.57. The normalized spacial score (nSPS) is 23.5. The summed E-state index contributed by atoms with van der Waals surface area (Å²) in [7, 11) is 1.61. The molecule has 1 fully saturated rings. The molecule has 0 bridgehead atoms. The Hall–Kier alpha value is -1.92. The Morgan fingerprint density at radius 3 is 2.82 bits per heavy atom. The number of nitrogens with zero attached hydrogens (tertiary/aromatic N) is 3. The van der Waals surface area contributed by atoms with E-state index in [0.717, 1.165) is 28.6 Å². The smallest absolute Gasteiger partial charge is 0.179 e. The van der Waals surface area contributed by atoms with Crippen molar-refractivity contribution in [2.75, 3.05) is 19.5 Å². The third kappa shape index (κ3) is 3.33. The van der Waals surface area contributed by atoms with E-state index in [0.29, 0.717) is 29.2 Å². The zero-order valence-corrected chi connectivity index (χ0v) is 17.8. The lowest BCUT2D eigenvalue weighted by molar-refractivity contribution is 0.253. The molecule has 7 heteroatoms. The molecular formula is C21H24ClN3O2S. The second kappa shape index (κ2) is 8.21. The van der Waals surface area contributed by atoms with Crippen molar-refractivity contribution in [1.82, 2.24) is 9.88 Å². The largest absolute Gasteiger partial charge is 0.491 e. The first kappa shape index (κ1) is 19.4. The standard InChI is InChI=1S/C21H24ClN3O2S/c1-4-14-12-28-21-24-18(16-8-6-7-9-23-16)19(25(14)21)13-10-15(22)20(26-3)17(11-13)27-5-2/h6-11,14,18-19H,4-5,12H2,1-3H3/t14-,18+,19+/m0/s1. The number of thioether (sulfide) groups is 1. The van der Waals surface area contributed by atoms with Gasteiger partial charge in [0, 0.05) is 18.0 Å². The van der Waals surface area contributed by atoms with Crippen LogP contribution in [0.25, 0.3) is 0 Å². The fourth-order valence-corrected chi connectivity index (χ4v) is 5.56. The van der Waals surface area contributed by atoms with Gasteiger partial charge in [0.05, 0.1) is 30.5 Å². The molecule has 0 aliphatic carbocycles. The minimum absolute atomic E-state index is 0.0347. The number of hydrogen-bond donors (Lipinski definition) is 0. The molecule has 1 aromatic heterocycles. The average Bonchev–Trinajstić information content (AvgIpc) is 3.27. The van der Waals surface area contributed by atoms with E-state index >= 15 is 0 Å². The maximum Gasteiger partial charge on any atom is 0.179 e. The molecule has 1 saturated heterocycles. The second-order valence-corrected chi connectivity index (χ2v) is 8.20. The molecule has 0 N–H and O–H groups in total. The van der Waals surface area contributed by atoms with Gasteiger partial charge < -0.3 is 14.4 Å². The quantitative estimate of drug-likeness (QED) is 0.652. The van der Waals surface area contributed by atoms with E-state index < -0.39 is 0 Å². The monoisotopic (exact) mass is 417 g/mol. The fourth-order valence-electron chi connectivity index (χ4n) is 3.93. The van der Waals surface area contributed by atoms with Crippen LogP contribution < -0.4 is 9.47 Å². The Morgan fingerprint density at radius 1 is 1.29 bits per heavy atom. The third-order valence-corrected chi connectivity index (χ3v) is 6.61. The first-order chi connectivity index (χ1) is 13.7. The molecule has 0 unspecified atom stereocenters. The van der Waals surface area contributed by atoms with Crippen LogP contribution in [-0.4, -0.2) is 40.6 Å². The highest BCUT2D eigenvalue weighted by Crippen LogP contribution is 2.50. The molecule has 5 nitrogen and oxygen atoms in total. The van der Waals surface area contributed by atoms with Crippen molar-refractivity contribution in [3.05, 3.63) is 52.8 Å². The summed E-state index contributed by atoms with van der Waals surface area (Å²) in [4.78, 5) is 12.1. The number of ether oxygens (including phenoxy) is 2. The van der Waals surface area contributed by atoms with Gasteiger partial charge in [-0.15, -0.1) is 0 Å². The highest BCUT2D eigenvalue weighted by atomic mass is 35.5. The molecule has 2 aromatic rings. The summed E-state index contributed by atoms with van der Waals surface area (Å²) >= 11 is 8.40. The van der Waals surface area contributed by atoms with Gasteiger partial charge in [-0.1, -0.05) is 36.4 Å². The molecule has 0 radical (unpaired) electrons. The van der Waals surface area contributed by atoms with Crippen LogP contribution in [0.1, 0.15) is 43.6 Å². The number of hydrogen-bond acceptors (Lipinski definition) is 6. The van der Waals surface area contributed by atoms with E-state index in [2.05, 4.69) is 16.8 Å². The molecule has 0 saturated carbocycles. The molecule has 3 heterocycles. The third-order valence-electron chi connectivity index (χ3n) is 5.21. The van der Waals surface area contributed by atoms with Gasteiger partial charge in [0.25, 0.3) is 0 Å². The average molecular weight is 418 g/mol. The van der Waals surface area contributed by atoms with Crippen LogP contribution in [-0.2, 0) is 0 Å². The van der Waals surface area contributed by atoms with E-state index in [9.17, 15) is 0 Å². The number of aliphatic imine (C=N–C) groups is 1. The molecule has 2 aliphatic rings. The number of pyridine rings is 1. The van der Waals surface area contributed by atoms with Gasteiger partial charge in [-0.05, 0) is 43.2 Å². The van der Waals surface area contributed by atoms with Crippen LogP contribution in [0.2, 0.25) is 5.02 Å². The number of benzene rings is 1. The van der Waals surface area contributed by atoms with E-state index in [1.807, 2.05) is 55.2 Å². The highest BCUT2D eigenvalue weighted by molar-refractivity contribution is 8.14. The first-order valence-electron chi connectivity index (χ1n) is 9.58. The predicted octanol–water partition coefficient (Wildman–Crippen LogP) is 5.12. The Kier molecular flexibility index (Phi) is 5.69. The zero-order chi connectivity index (χ0) is 19.7. The van der Waals surface area contributed by atoms with Crippen LogP contribution in [0.5, 0.6) is 11.5 Å². The molecule has 4 rings (SSSR count). The summed E-state index contributed by atoms with van der Waals surface area (Å²) in [5.74, 6) is 2.30. The molecule has 0 amide bonds. The molecule has 0 spiro atoms. The van der Waals surface area contributed by atoms with Crippen molar-refractivity contribution in [3.8, 4) is 11.5 Å². The van der Waals surface area contributed by atoms with Crippen LogP contribution in [0.3, 0.4) is 0 Å². The maximum absolute atomic E-state index is 6.57. The minimum atomic E-state index is -0.0722. The van der Waals surface area contributed by atoms with Gasteiger partial charge in [0.15, 0.2) is 16.7 Å². The van der Waals surface area contributed by atoms with Crippen molar-refractivity contribution in [2.24, 2.45) is 4.99 Å². The van der Waals surface area contributed by atoms with Crippen LogP contribution in [0, 0.1) is 0 Å². The van der Waals surface area contributed by atoms with E-state index in [-0.39, 0.29) is 12.1 Å². The van der Waals surface area contributed by atoms with Crippen LogP contribution >= 0.6 is 23.4 Å². The van der Waals surface area contributed by atoms with Crippen molar-refractivity contribution in [2.45, 2.75) is 38.4 Å². The van der Waals surface area contributed by atoms with Gasteiger partial charge in [-0.2, -0.15) is 0 Å².